The molecule has 0 saturated heterocycles. The Morgan fingerprint density at radius 2 is 1.95 bits per heavy atom. The Labute approximate surface area is 126 Å². The van der Waals surface area contributed by atoms with Crippen molar-refractivity contribution in [1.29, 1.82) is 0 Å². The van der Waals surface area contributed by atoms with Crippen LogP contribution in [-0.2, 0) is 6.54 Å². The molecule has 114 valence electrons. The van der Waals surface area contributed by atoms with E-state index >= 15 is 0 Å². The summed E-state index contributed by atoms with van der Waals surface area (Å²) in [4.78, 5) is 0. The number of rotatable bonds is 8. The molecule has 0 fully saturated rings. The van der Waals surface area contributed by atoms with Crippen LogP contribution in [0.2, 0.25) is 0 Å². The number of unbranched alkanes of at least 4 members (excludes halogenated alkanes) is 1. The number of benzene rings is 1. The first-order valence-electron chi connectivity index (χ1n) is 7.63. The fraction of sp³-hybridized carbons (Fsp3) is 0.500. The molecule has 0 radical (unpaired) electrons. The van der Waals surface area contributed by atoms with Crippen molar-refractivity contribution >= 4 is 0 Å². The zero-order chi connectivity index (χ0) is 15.1. The third kappa shape index (κ3) is 4.04. The quantitative estimate of drug-likeness (QED) is 0.758. The van der Waals surface area contributed by atoms with Gasteiger partial charge in [0.1, 0.15) is 5.75 Å². The number of hydrogen-bond acceptors (Lipinski definition) is 4. The van der Waals surface area contributed by atoms with Crippen molar-refractivity contribution in [3.8, 4) is 5.75 Å². The lowest BCUT2D eigenvalue weighted by molar-refractivity contribution is 0.309. The zero-order valence-corrected chi connectivity index (χ0v) is 12.8. The van der Waals surface area contributed by atoms with Gasteiger partial charge < -0.3 is 10.5 Å². The van der Waals surface area contributed by atoms with E-state index in [9.17, 15) is 0 Å². The van der Waals surface area contributed by atoms with Crippen LogP contribution in [0.25, 0.3) is 0 Å². The first-order valence-corrected chi connectivity index (χ1v) is 7.63. The molecule has 0 saturated carbocycles. The molecule has 1 atom stereocenters. The van der Waals surface area contributed by atoms with Gasteiger partial charge in [0, 0.05) is 6.54 Å². The van der Waals surface area contributed by atoms with Gasteiger partial charge in [-0.3, -0.25) is 0 Å². The second-order valence-corrected chi connectivity index (χ2v) is 5.13. The van der Waals surface area contributed by atoms with Crippen molar-refractivity contribution in [2.75, 3.05) is 6.61 Å². The Morgan fingerprint density at radius 3 is 2.62 bits per heavy atom. The van der Waals surface area contributed by atoms with Gasteiger partial charge in [-0.15, -0.1) is 5.10 Å². The van der Waals surface area contributed by atoms with Gasteiger partial charge in [-0.25, -0.2) is 4.68 Å². The standard InChI is InChI=1S/C16H24N4O/c1-3-5-11-21-14-8-6-13(7-9-14)16(17)15-12-18-19-20(15)10-4-2/h6-9,12,16H,3-5,10-11,17H2,1-2H3. The molecule has 2 aromatic rings. The van der Waals surface area contributed by atoms with E-state index < -0.39 is 0 Å². The third-order valence-corrected chi connectivity index (χ3v) is 3.41. The Kier molecular flexibility index (Phi) is 5.75. The normalized spacial score (nSPS) is 12.3. The molecule has 5 nitrogen and oxygen atoms in total. The molecule has 2 rings (SSSR count). The molecular weight excluding hydrogens is 264 g/mol. The van der Waals surface area contributed by atoms with Gasteiger partial charge in [-0.05, 0) is 30.5 Å². The van der Waals surface area contributed by atoms with Crippen molar-refractivity contribution < 1.29 is 4.74 Å². The summed E-state index contributed by atoms with van der Waals surface area (Å²) in [5, 5.41) is 8.04. The number of nitrogens with two attached hydrogens (primary N) is 1. The zero-order valence-electron chi connectivity index (χ0n) is 12.8. The molecule has 1 heterocycles. The Balaban J connectivity index is 2.05. The number of aromatic nitrogens is 3. The van der Waals surface area contributed by atoms with Gasteiger partial charge in [-0.2, -0.15) is 0 Å². The van der Waals surface area contributed by atoms with E-state index in [0.29, 0.717) is 0 Å². The molecule has 5 heteroatoms. The minimum Gasteiger partial charge on any atom is -0.494 e. The molecular formula is C16H24N4O. The average molecular weight is 288 g/mol. The molecule has 21 heavy (non-hydrogen) atoms. The van der Waals surface area contributed by atoms with Gasteiger partial charge in [-0.1, -0.05) is 37.6 Å². The molecule has 0 aliphatic heterocycles. The largest absolute Gasteiger partial charge is 0.494 e. The molecule has 2 N–H and O–H groups in total. The van der Waals surface area contributed by atoms with Crippen molar-refractivity contribution in [3.63, 3.8) is 0 Å². The minimum absolute atomic E-state index is 0.212. The highest BCUT2D eigenvalue weighted by Crippen LogP contribution is 2.21. The Morgan fingerprint density at radius 1 is 1.19 bits per heavy atom. The number of nitrogens with zero attached hydrogens (tertiary/aromatic N) is 3. The van der Waals surface area contributed by atoms with E-state index in [1.807, 2.05) is 28.9 Å². The topological polar surface area (TPSA) is 66.0 Å². The van der Waals surface area contributed by atoms with Crippen LogP contribution >= 0.6 is 0 Å². The first-order chi connectivity index (χ1) is 10.3. The highest BCUT2D eigenvalue weighted by Gasteiger charge is 2.14. The van der Waals surface area contributed by atoms with Gasteiger partial charge in [0.2, 0.25) is 0 Å². The highest BCUT2D eigenvalue weighted by atomic mass is 16.5. The Hall–Kier alpha value is -1.88. The van der Waals surface area contributed by atoms with Crippen LogP contribution in [0.3, 0.4) is 0 Å². The lowest BCUT2D eigenvalue weighted by atomic mass is 10.0. The average Bonchev–Trinajstić information content (AvgIpc) is 2.96. The van der Waals surface area contributed by atoms with Gasteiger partial charge in [0.05, 0.1) is 24.5 Å². The predicted octanol–water partition coefficient (Wildman–Crippen LogP) is 2.92. The smallest absolute Gasteiger partial charge is 0.119 e. The molecule has 1 unspecified atom stereocenters. The maximum atomic E-state index is 6.32. The fourth-order valence-electron chi connectivity index (χ4n) is 2.17. The number of aryl methyl sites for hydroxylation is 1. The SMILES string of the molecule is CCCCOc1ccc(C(N)c2cnnn2CCC)cc1. The predicted molar refractivity (Wildman–Crippen MR) is 83.2 cm³/mol. The van der Waals surface area contributed by atoms with E-state index in [2.05, 4.69) is 24.2 Å². The third-order valence-electron chi connectivity index (χ3n) is 3.41. The second kappa shape index (κ2) is 7.78. The summed E-state index contributed by atoms with van der Waals surface area (Å²) in [5.41, 5.74) is 8.30. The van der Waals surface area contributed by atoms with Crippen LogP contribution in [0.1, 0.15) is 50.4 Å². The maximum Gasteiger partial charge on any atom is 0.119 e. The number of ether oxygens (including phenoxy) is 1. The van der Waals surface area contributed by atoms with Crippen molar-refractivity contribution in [3.05, 3.63) is 41.7 Å². The first kappa shape index (κ1) is 15.5. The van der Waals surface area contributed by atoms with E-state index in [4.69, 9.17) is 10.5 Å². The van der Waals surface area contributed by atoms with Crippen LogP contribution in [0.5, 0.6) is 5.75 Å². The Bertz CT molecular complexity index is 535. The summed E-state index contributed by atoms with van der Waals surface area (Å²) >= 11 is 0. The van der Waals surface area contributed by atoms with E-state index in [1.165, 1.54) is 0 Å². The van der Waals surface area contributed by atoms with Crippen LogP contribution in [-0.4, -0.2) is 21.6 Å². The van der Waals surface area contributed by atoms with Crippen molar-refractivity contribution in [1.82, 2.24) is 15.0 Å². The summed E-state index contributed by atoms with van der Waals surface area (Å²) < 4.78 is 7.53. The number of hydrogen-bond donors (Lipinski definition) is 1. The molecule has 0 amide bonds. The molecule has 1 aromatic carbocycles. The minimum atomic E-state index is -0.212. The lowest BCUT2D eigenvalue weighted by Crippen LogP contribution is -2.17. The highest BCUT2D eigenvalue weighted by molar-refractivity contribution is 5.32. The molecule has 0 aliphatic carbocycles. The summed E-state index contributed by atoms with van der Waals surface area (Å²) in [5.74, 6) is 0.889. The molecule has 0 spiro atoms. The molecule has 0 bridgehead atoms. The van der Waals surface area contributed by atoms with Crippen molar-refractivity contribution in [2.24, 2.45) is 5.73 Å². The summed E-state index contributed by atoms with van der Waals surface area (Å²) in [6.07, 6.45) is 4.96. The molecule has 0 aliphatic rings. The van der Waals surface area contributed by atoms with E-state index in [0.717, 1.165) is 49.4 Å². The monoisotopic (exact) mass is 288 g/mol. The van der Waals surface area contributed by atoms with Crippen LogP contribution in [0.4, 0.5) is 0 Å². The molecule has 1 aromatic heterocycles. The van der Waals surface area contributed by atoms with Gasteiger partial charge >= 0.3 is 0 Å². The summed E-state index contributed by atoms with van der Waals surface area (Å²) in [6.45, 7) is 5.86. The van der Waals surface area contributed by atoms with Crippen LogP contribution in [0.15, 0.2) is 30.5 Å². The van der Waals surface area contributed by atoms with Crippen molar-refractivity contribution in [2.45, 2.75) is 45.7 Å². The van der Waals surface area contributed by atoms with Crippen LogP contribution < -0.4 is 10.5 Å². The van der Waals surface area contributed by atoms with Crippen LogP contribution in [0, 0.1) is 0 Å². The van der Waals surface area contributed by atoms with Gasteiger partial charge in [0.15, 0.2) is 0 Å². The van der Waals surface area contributed by atoms with Gasteiger partial charge in [0.25, 0.3) is 0 Å². The summed E-state index contributed by atoms with van der Waals surface area (Å²) in [7, 11) is 0. The van der Waals surface area contributed by atoms with E-state index in [1.54, 1.807) is 6.20 Å². The second-order valence-electron chi connectivity index (χ2n) is 5.13. The lowest BCUT2D eigenvalue weighted by Gasteiger charge is -2.14. The summed E-state index contributed by atoms with van der Waals surface area (Å²) in [6, 6.07) is 7.75. The fourth-order valence-corrected chi connectivity index (χ4v) is 2.17. The van der Waals surface area contributed by atoms with E-state index in [-0.39, 0.29) is 6.04 Å². The maximum absolute atomic E-state index is 6.32.